The summed E-state index contributed by atoms with van der Waals surface area (Å²) in [6, 6.07) is 2.13. The fraction of sp³-hybridized carbons (Fsp3) is 0.750. The van der Waals surface area contributed by atoms with Gasteiger partial charge >= 0.3 is 0 Å². The molecule has 4 aliphatic carbocycles. The highest BCUT2D eigenvalue weighted by Gasteiger charge is 2.51. The van der Waals surface area contributed by atoms with Gasteiger partial charge in [-0.15, -0.1) is 0 Å². The van der Waals surface area contributed by atoms with Crippen LogP contribution >= 0.6 is 0 Å². The van der Waals surface area contributed by atoms with Crippen LogP contribution in [0.4, 0.5) is 0 Å². The molecule has 1 heterocycles. The first-order valence-electron chi connectivity index (χ1n) is 7.82. The Labute approximate surface area is 119 Å². The Balaban J connectivity index is 1.52. The van der Waals surface area contributed by atoms with E-state index < -0.39 is 0 Å². The van der Waals surface area contributed by atoms with E-state index in [1.54, 1.807) is 0 Å². The Morgan fingerprint density at radius 2 is 1.70 bits per heavy atom. The molecule has 1 aliphatic heterocycles. The van der Waals surface area contributed by atoms with E-state index in [1.807, 2.05) is 4.90 Å². The maximum atomic E-state index is 12.9. The van der Waals surface area contributed by atoms with E-state index in [1.165, 1.54) is 32.1 Å². The second kappa shape index (κ2) is 4.25. The van der Waals surface area contributed by atoms with Crippen LogP contribution in [0, 0.1) is 40.9 Å². The molecule has 4 bridgehead atoms. The van der Waals surface area contributed by atoms with E-state index in [2.05, 4.69) is 6.07 Å². The number of hydrogen-bond donors (Lipinski definition) is 1. The third-order valence-electron chi connectivity index (χ3n) is 6.06. The normalized spacial score (nSPS) is 42.1. The summed E-state index contributed by atoms with van der Waals surface area (Å²) in [4.78, 5) is 14.7. The van der Waals surface area contributed by atoms with Gasteiger partial charge in [0.05, 0.1) is 24.7 Å². The Morgan fingerprint density at radius 3 is 2.20 bits per heavy atom. The summed E-state index contributed by atoms with van der Waals surface area (Å²) in [7, 11) is 0. The summed E-state index contributed by atoms with van der Waals surface area (Å²) in [6.07, 6.45) is 6.43. The lowest BCUT2D eigenvalue weighted by atomic mass is 9.51. The number of rotatable bonds is 1. The summed E-state index contributed by atoms with van der Waals surface area (Å²) in [5.41, 5.74) is 7.03. The fourth-order valence-electron chi connectivity index (χ4n) is 5.45. The number of amides is 1. The fourth-order valence-corrected chi connectivity index (χ4v) is 5.45. The number of nitrogens with two attached hydrogens (primary N) is 1. The molecule has 0 unspecified atom stereocenters. The van der Waals surface area contributed by atoms with Crippen LogP contribution in [0.5, 0.6) is 0 Å². The molecule has 0 aromatic carbocycles. The van der Waals surface area contributed by atoms with Gasteiger partial charge in [0.1, 0.15) is 0 Å². The highest BCUT2D eigenvalue weighted by Crippen LogP contribution is 2.56. The van der Waals surface area contributed by atoms with Crippen molar-refractivity contribution < 1.29 is 4.79 Å². The van der Waals surface area contributed by atoms with Crippen molar-refractivity contribution in [1.82, 2.24) is 4.90 Å². The van der Waals surface area contributed by atoms with Crippen LogP contribution in [0.15, 0.2) is 11.3 Å². The second-order valence-corrected chi connectivity index (χ2v) is 7.27. The smallest absolute Gasteiger partial charge is 0.226 e. The molecule has 0 aromatic rings. The van der Waals surface area contributed by atoms with Gasteiger partial charge in [-0.3, -0.25) is 4.79 Å². The Hall–Kier alpha value is -1.50. The zero-order valence-electron chi connectivity index (χ0n) is 11.7. The van der Waals surface area contributed by atoms with Gasteiger partial charge in [0.25, 0.3) is 0 Å². The molecule has 0 radical (unpaired) electrons. The maximum Gasteiger partial charge on any atom is 0.226 e. The molecule has 1 amide bonds. The van der Waals surface area contributed by atoms with Crippen molar-refractivity contribution in [3.8, 4) is 6.07 Å². The average molecular weight is 271 g/mol. The van der Waals surface area contributed by atoms with E-state index >= 15 is 0 Å². The van der Waals surface area contributed by atoms with Crippen molar-refractivity contribution in [2.45, 2.75) is 32.1 Å². The van der Waals surface area contributed by atoms with Crippen LogP contribution in [0.3, 0.4) is 0 Å². The lowest BCUT2D eigenvalue weighted by Crippen LogP contribution is -2.51. The minimum Gasteiger partial charge on any atom is -0.400 e. The Kier molecular flexibility index (Phi) is 2.60. The van der Waals surface area contributed by atoms with Crippen molar-refractivity contribution >= 4 is 5.91 Å². The molecule has 4 saturated carbocycles. The summed E-state index contributed by atoms with van der Waals surface area (Å²) < 4.78 is 0. The minimum atomic E-state index is 0.216. The van der Waals surface area contributed by atoms with Crippen LogP contribution in [-0.2, 0) is 4.79 Å². The van der Waals surface area contributed by atoms with Gasteiger partial charge in [0, 0.05) is 11.6 Å². The van der Waals surface area contributed by atoms with E-state index in [4.69, 9.17) is 11.0 Å². The number of nitrogens with zero attached hydrogens (tertiary/aromatic N) is 2. The molecule has 0 atom stereocenters. The zero-order chi connectivity index (χ0) is 13.9. The first-order valence-corrected chi connectivity index (χ1v) is 7.82. The molecular weight excluding hydrogens is 250 g/mol. The molecule has 106 valence electrons. The lowest BCUT2D eigenvalue weighted by molar-refractivity contribution is -0.147. The molecular formula is C16H21N3O. The third kappa shape index (κ3) is 1.69. The first kappa shape index (κ1) is 12.3. The molecule has 5 aliphatic rings. The van der Waals surface area contributed by atoms with Crippen molar-refractivity contribution in [2.24, 2.45) is 35.3 Å². The van der Waals surface area contributed by atoms with Crippen molar-refractivity contribution in [3.63, 3.8) is 0 Å². The molecule has 0 spiro atoms. The number of nitriles is 1. The van der Waals surface area contributed by atoms with E-state index in [9.17, 15) is 4.79 Å². The average Bonchev–Trinajstić information content (AvgIpc) is 2.78. The second-order valence-electron chi connectivity index (χ2n) is 7.27. The summed E-state index contributed by atoms with van der Waals surface area (Å²) in [5, 5.41) is 9.02. The zero-order valence-corrected chi connectivity index (χ0v) is 11.7. The van der Waals surface area contributed by atoms with Gasteiger partial charge < -0.3 is 10.6 Å². The lowest BCUT2D eigenvalue weighted by Gasteiger charge is -2.54. The molecule has 5 rings (SSSR count). The van der Waals surface area contributed by atoms with Gasteiger partial charge in [-0.05, 0) is 55.8 Å². The van der Waals surface area contributed by atoms with Crippen LogP contribution in [0.25, 0.3) is 0 Å². The molecule has 0 saturated heterocycles. The highest BCUT2D eigenvalue weighted by molar-refractivity contribution is 5.81. The van der Waals surface area contributed by atoms with Gasteiger partial charge in [-0.25, -0.2) is 0 Å². The predicted molar refractivity (Wildman–Crippen MR) is 73.9 cm³/mol. The number of carbonyl (C=O) groups is 1. The van der Waals surface area contributed by atoms with Crippen LogP contribution in [0.2, 0.25) is 0 Å². The molecule has 4 heteroatoms. The summed E-state index contributed by atoms with van der Waals surface area (Å²) >= 11 is 0. The topological polar surface area (TPSA) is 70.1 Å². The SMILES string of the molecule is N#CC1=C(N)CN(C(=O)C2C3CC4CC(C3)CC2C4)C1. The molecule has 0 aromatic heterocycles. The largest absolute Gasteiger partial charge is 0.400 e. The Morgan fingerprint density at radius 1 is 1.10 bits per heavy atom. The van der Waals surface area contributed by atoms with Crippen molar-refractivity contribution in [3.05, 3.63) is 11.3 Å². The maximum absolute atomic E-state index is 12.9. The first-order chi connectivity index (χ1) is 9.65. The predicted octanol–water partition coefficient (Wildman–Crippen LogP) is 1.64. The third-order valence-corrected chi connectivity index (χ3v) is 6.06. The van der Waals surface area contributed by atoms with E-state index in [0.29, 0.717) is 36.2 Å². The quantitative estimate of drug-likeness (QED) is 0.788. The van der Waals surface area contributed by atoms with Gasteiger partial charge in [-0.2, -0.15) is 5.26 Å². The molecule has 4 fully saturated rings. The number of carbonyl (C=O) groups excluding carboxylic acids is 1. The summed E-state index contributed by atoms with van der Waals surface area (Å²) in [6.45, 7) is 0.897. The summed E-state index contributed by atoms with van der Waals surface area (Å²) in [5.74, 6) is 3.47. The number of hydrogen-bond acceptors (Lipinski definition) is 3. The monoisotopic (exact) mass is 271 g/mol. The molecule has 4 nitrogen and oxygen atoms in total. The van der Waals surface area contributed by atoms with Crippen LogP contribution in [0.1, 0.15) is 32.1 Å². The van der Waals surface area contributed by atoms with Crippen molar-refractivity contribution in [1.29, 1.82) is 5.26 Å². The van der Waals surface area contributed by atoms with E-state index in [-0.39, 0.29) is 11.8 Å². The van der Waals surface area contributed by atoms with Gasteiger partial charge in [0.2, 0.25) is 5.91 Å². The van der Waals surface area contributed by atoms with Gasteiger partial charge in [-0.1, -0.05) is 0 Å². The van der Waals surface area contributed by atoms with Gasteiger partial charge in [0.15, 0.2) is 0 Å². The highest BCUT2D eigenvalue weighted by atomic mass is 16.2. The van der Waals surface area contributed by atoms with Crippen molar-refractivity contribution in [2.75, 3.05) is 13.1 Å². The Bertz CT molecular complexity index is 502. The minimum absolute atomic E-state index is 0.216. The van der Waals surface area contributed by atoms with Crippen LogP contribution in [-0.4, -0.2) is 23.9 Å². The van der Waals surface area contributed by atoms with E-state index in [0.717, 1.165) is 11.8 Å². The standard InChI is InChI=1S/C16H21N3O/c17-6-13-7-19(8-14(13)18)16(20)15-11-2-9-1-10(4-11)5-12(15)3-9/h9-12,15H,1-5,7-8,18H2. The molecule has 20 heavy (non-hydrogen) atoms. The van der Waals surface area contributed by atoms with Crippen LogP contribution < -0.4 is 5.73 Å². The molecule has 2 N–H and O–H groups in total.